The fraction of sp³-hybridized carbons (Fsp3) is 0.500. The van der Waals surface area contributed by atoms with E-state index in [2.05, 4.69) is 77.1 Å². The molecular weight excluding hydrogens is 308 g/mol. The van der Waals surface area contributed by atoms with Crippen LogP contribution in [-0.4, -0.2) is 30.4 Å². The topological polar surface area (TPSA) is 32.3 Å². The van der Waals surface area contributed by atoms with Gasteiger partial charge < -0.3 is 10.2 Å². The summed E-state index contributed by atoms with van der Waals surface area (Å²) in [6.45, 7) is 10.6. The summed E-state index contributed by atoms with van der Waals surface area (Å²) in [6.07, 6.45) is 3.16. The molecule has 0 radical (unpaired) electrons. The molecule has 1 aliphatic rings. The van der Waals surface area contributed by atoms with Crippen molar-refractivity contribution in [3.8, 4) is 0 Å². The molecule has 2 rings (SSSR count). The number of nitrogens with one attached hydrogen (secondary N) is 1. The second-order valence-corrected chi connectivity index (χ2v) is 7.93. The second kappa shape index (κ2) is 7.57. The Morgan fingerprint density at radius 2 is 1.80 bits per heavy atom. The van der Waals surface area contributed by atoms with E-state index in [1.165, 1.54) is 5.57 Å². The molecule has 0 bridgehead atoms. The monoisotopic (exact) mass is 340 g/mol. The molecule has 1 N–H and O–H groups in total. The van der Waals surface area contributed by atoms with Crippen molar-refractivity contribution in [3.05, 3.63) is 58.7 Å². The van der Waals surface area contributed by atoms with E-state index in [1.807, 2.05) is 18.2 Å². The van der Waals surface area contributed by atoms with Crippen molar-refractivity contribution in [1.82, 2.24) is 10.2 Å². The summed E-state index contributed by atoms with van der Waals surface area (Å²) in [5.41, 5.74) is 4.17. The van der Waals surface area contributed by atoms with Crippen LogP contribution < -0.4 is 5.32 Å². The van der Waals surface area contributed by atoms with E-state index >= 15 is 0 Å². The molecule has 2 unspecified atom stereocenters. The van der Waals surface area contributed by atoms with Crippen molar-refractivity contribution >= 4 is 5.91 Å². The first-order chi connectivity index (χ1) is 11.7. The van der Waals surface area contributed by atoms with Crippen molar-refractivity contribution in [2.45, 2.75) is 52.6 Å². The first kappa shape index (κ1) is 19.5. The number of benzene rings is 1. The molecule has 0 aliphatic heterocycles. The SMILES string of the molecule is CC1=CCC(C)C(C(=O)NC(c2ccccc2)C(C)(C)N(C)C)=C1C. The van der Waals surface area contributed by atoms with Gasteiger partial charge in [0, 0.05) is 11.1 Å². The lowest BCUT2D eigenvalue weighted by molar-refractivity contribution is -0.119. The average Bonchev–Trinajstić information content (AvgIpc) is 2.57. The zero-order valence-corrected chi connectivity index (χ0v) is 16.7. The van der Waals surface area contributed by atoms with Gasteiger partial charge in [-0.15, -0.1) is 0 Å². The number of likely N-dealkylation sites (N-methyl/N-ethyl adjacent to an activating group) is 1. The van der Waals surface area contributed by atoms with Gasteiger partial charge in [0.25, 0.3) is 0 Å². The smallest absolute Gasteiger partial charge is 0.248 e. The van der Waals surface area contributed by atoms with E-state index in [9.17, 15) is 4.79 Å². The molecule has 2 atom stereocenters. The highest BCUT2D eigenvalue weighted by Gasteiger charge is 2.35. The summed E-state index contributed by atoms with van der Waals surface area (Å²) in [7, 11) is 4.12. The molecule has 25 heavy (non-hydrogen) atoms. The Balaban J connectivity index is 2.39. The summed E-state index contributed by atoms with van der Waals surface area (Å²) in [5.74, 6) is 0.309. The van der Waals surface area contributed by atoms with Crippen LogP contribution in [0.1, 0.15) is 52.6 Å². The average molecular weight is 341 g/mol. The lowest BCUT2D eigenvalue weighted by Crippen LogP contribution is -2.51. The zero-order chi connectivity index (χ0) is 18.8. The molecule has 1 amide bonds. The first-order valence-electron chi connectivity index (χ1n) is 9.07. The largest absolute Gasteiger partial charge is 0.344 e. The summed E-state index contributed by atoms with van der Waals surface area (Å²) in [5, 5.41) is 3.34. The molecule has 3 heteroatoms. The molecule has 0 heterocycles. The van der Waals surface area contributed by atoms with Crippen LogP contribution in [0.5, 0.6) is 0 Å². The summed E-state index contributed by atoms with van der Waals surface area (Å²) < 4.78 is 0. The Hall–Kier alpha value is -1.87. The highest BCUT2D eigenvalue weighted by Crippen LogP contribution is 2.33. The molecule has 1 aromatic carbocycles. The number of rotatable bonds is 5. The van der Waals surface area contributed by atoms with Crippen LogP contribution in [0.3, 0.4) is 0 Å². The number of hydrogen-bond donors (Lipinski definition) is 1. The molecular formula is C22H32N2O. The van der Waals surface area contributed by atoms with Gasteiger partial charge in [0.05, 0.1) is 6.04 Å². The number of carbonyl (C=O) groups excluding carboxylic acids is 1. The fourth-order valence-corrected chi connectivity index (χ4v) is 3.38. The molecule has 1 aromatic rings. The molecule has 0 aromatic heterocycles. The van der Waals surface area contributed by atoms with Crippen LogP contribution in [0, 0.1) is 5.92 Å². The highest BCUT2D eigenvalue weighted by atomic mass is 16.1. The van der Waals surface area contributed by atoms with Gasteiger partial charge in [-0.25, -0.2) is 0 Å². The Labute approximate surface area is 152 Å². The number of carbonyl (C=O) groups is 1. The summed E-state index contributed by atoms with van der Waals surface area (Å²) >= 11 is 0. The van der Waals surface area contributed by atoms with Gasteiger partial charge >= 0.3 is 0 Å². The van der Waals surface area contributed by atoms with Gasteiger partial charge in [0.2, 0.25) is 5.91 Å². The van der Waals surface area contributed by atoms with Gasteiger partial charge in [-0.05, 0) is 65.3 Å². The molecule has 0 fully saturated rings. The van der Waals surface area contributed by atoms with Gasteiger partial charge in [0.15, 0.2) is 0 Å². The number of nitrogens with zero attached hydrogens (tertiary/aromatic N) is 1. The van der Waals surface area contributed by atoms with Crippen LogP contribution in [0.4, 0.5) is 0 Å². The van der Waals surface area contributed by atoms with E-state index in [0.717, 1.165) is 23.1 Å². The lowest BCUT2D eigenvalue weighted by atomic mass is 9.83. The van der Waals surface area contributed by atoms with Crippen molar-refractivity contribution < 1.29 is 4.79 Å². The molecule has 0 spiro atoms. The van der Waals surface area contributed by atoms with Gasteiger partial charge in [-0.1, -0.05) is 48.9 Å². The predicted molar refractivity (Wildman–Crippen MR) is 105 cm³/mol. The van der Waals surface area contributed by atoms with Crippen molar-refractivity contribution in [2.24, 2.45) is 5.92 Å². The maximum Gasteiger partial charge on any atom is 0.248 e. The normalized spacial score (nSPS) is 19.7. The maximum atomic E-state index is 13.2. The van der Waals surface area contributed by atoms with E-state index in [4.69, 9.17) is 0 Å². The second-order valence-electron chi connectivity index (χ2n) is 7.93. The van der Waals surface area contributed by atoms with E-state index in [0.29, 0.717) is 0 Å². The van der Waals surface area contributed by atoms with Gasteiger partial charge in [-0.2, -0.15) is 0 Å². The quantitative estimate of drug-likeness (QED) is 0.857. The fourth-order valence-electron chi connectivity index (χ4n) is 3.38. The van der Waals surface area contributed by atoms with Gasteiger partial charge in [0.1, 0.15) is 0 Å². The Kier molecular flexibility index (Phi) is 5.89. The maximum absolute atomic E-state index is 13.2. The molecule has 136 valence electrons. The minimum Gasteiger partial charge on any atom is -0.344 e. The molecule has 1 aliphatic carbocycles. The predicted octanol–water partition coefficient (Wildman–Crippen LogP) is 4.49. The Morgan fingerprint density at radius 3 is 2.36 bits per heavy atom. The van der Waals surface area contributed by atoms with Crippen LogP contribution in [0.25, 0.3) is 0 Å². The van der Waals surface area contributed by atoms with Crippen molar-refractivity contribution in [1.29, 1.82) is 0 Å². The third-order valence-electron chi connectivity index (χ3n) is 5.78. The third kappa shape index (κ3) is 4.04. The Morgan fingerprint density at radius 1 is 1.20 bits per heavy atom. The number of amides is 1. The van der Waals surface area contributed by atoms with Crippen molar-refractivity contribution in [2.75, 3.05) is 14.1 Å². The molecule has 3 nitrogen and oxygen atoms in total. The van der Waals surface area contributed by atoms with Crippen LogP contribution in [-0.2, 0) is 4.79 Å². The lowest BCUT2D eigenvalue weighted by Gasteiger charge is -2.41. The van der Waals surface area contributed by atoms with Crippen LogP contribution in [0.15, 0.2) is 53.1 Å². The highest BCUT2D eigenvalue weighted by molar-refractivity contribution is 5.96. The van der Waals surface area contributed by atoms with E-state index in [-0.39, 0.29) is 23.4 Å². The zero-order valence-electron chi connectivity index (χ0n) is 16.7. The Bertz CT molecular complexity index is 683. The number of allylic oxidation sites excluding steroid dienone is 3. The number of hydrogen-bond acceptors (Lipinski definition) is 2. The van der Waals surface area contributed by atoms with E-state index in [1.54, 1.807) is 0 Å². The van der Waals surface area contributed by atoms with Crippen LogP contribution >= 0.6 is 0 Å². The van der Waals surface area contributed by atoms with Crippen molar-refractivity contribution in [3.63, 3.8) is 0 Å². The van der Waals surface area contributed by atoms with Gasteiger partial charge in [-0.3, -0.25) is 4.79 Å². The minimum atomic E-state index is -0.214. The molecule has 0 saturated heterocycles. The third-order valence-corrected chi connectivity index (χ3v) is 5.78. The summed E-state index contributed by atoms with van der Waals surface area (Å²) in [6, 6.07) is 10.2. The standard InChI is InChI=1S/C22H32N2O/c1-15-13-14-16(2)19(17(15)3)21(25)23-20(22(4,5)24(6)7)18-11-9-8-10-12-18/h8-13,16,20H,14H2,1-7H3,(H,23,25). The minimum absolute atomic E-state index is 0.0567. The summed E-state index contributed by atoms with van der Waals surface area (Å²) in [4.78, 5) is 15.4. The van der Waals surface area contributed by atoms with E-state index < -0.39 is 0 Å². The molecule has 0 saturated carbocycles. The van der Waals surface area contributed by atoms with Crippen LogP contribution in [0.2, 0.25) is 0 Å². The first-order valence-corrected chi connectivity index (χ1v) is 9.07.